The number of aromatic nitrogens is 4. The molecule has 1 aliphatic carbocycles. The summed E-state index contributed by atoms with van der Waals surface area (Å²) < 4.78 is 2.68. The first kappa shape index (κ1) is 14.8. The molecule has 7 nitrogen and oxygen atoms in total. The maximum absolute atomic E-state index is 8.92. The van der Waals surface area contributed by atoms with E-state index in [1.807, 2.05) is 24.7 Å². The molecule has 2 aromatic rings. The van der Waals surface area contributed by atoms with Crippen LogP contribution in [0, 0.1) is 24.2 Å². The van der Waals surface area contributed by atoms with Crippen LogP contribution >= 0.6 is 15.9 Å². The standard InChI is InChI=1S/C14H16BrN7/c1-3-17-13-10(15)6-18-14(20-13)19-11-7-22(21-8(11)2)12-4-9(12)5-16/h6-7,9,12H,3-4H2,1-2H3,(H2,17,18,19,20). The maximum atomic E-state index is 8.92. The highest BCUT2D eigenvalue weighted by atomic mass is 79.9. The van der Waals surface area contributed by atoms with Crippen LogP contribution in [0.25, 0.3) is 0 Å². The average Bonchev–Trinajstić information content (AvgIpc) is 3.21. The molecule has 0 radical (unpaired) electrons. The van der Waals surface area contributed by atoms with Crippen molar-refractivity contribution in [3.05, 3.63) is 22.6 Å². The van der Waals surface area contributed by atoms with Gasteiger partial charge in [0.25, 0.3) is 0 Å². The zero-order chi connectivity index (χ0) is 15.7. The van der Waals surface area contributed by atoms with Gasteiger partial charge in [0.2, 0.25) is 5.95 Å². The lowest BCUT2D eigenvalue weighted by Crippen LogP contribution is -2.04. The van der Waals surface area contributed by atoms with Gasteiger partial charge in [-0.3, -0.25) is 4.68 Å². The first-order valence-corrected chi connectivity index (χ1v) is 7.90. The van der Waals surface area contributed by atoms with Crippen molar-refractivity contribution in [3.63, 3.8) is 0 Å². The fourth-order valence-corrected chi connectivity index (χ4v) is 2.56. The Morgan fingerprint density at radius 3 is 3.05 bits per heavy atom. The quantitative estimate of drug-likeness (QED) is 0.850. The van der Waals surface area contributed by atoms with Crippen LogP contribution < -0.4 is 10.6 Å². The number of hydrogen-bond acceptors (Lipinski definition) is 6. The van der Waals surface area contributed by atoms with E-state index in [-0.39, 0.29) is 12.0 Å². The van der Waals surface area contributed by atoms with Gasteiger partial charge in [0.1, 0.15) is 5.82 Å². The lowest BCUT2D eigenvalue weighted by molar-refractivity contribution is 0.616. The zero-order valence-electron chi connectivity index (χ0n) is 12.3. The van der Waals surface area contributed by atoms with E-state index in [9.17, 15) is 0 Å². The molecule has 0 aliphatic heterocycles. The Kier molecular flexibility index (Phi) is 3.98. The zero-order valence-corrected chi connectivity index (χ0v) is 13.9. The molecule has 2 atom stereocenters. The molecule has 22 heavy (non-hydrogen) atoms. The molecule has 0 bridgehead atoms. The molecule has 2 heterocycles. The van der Waals surface area contributed by atoms with E-state index in [4.69, 9.17) is 5.26 Å². The number of aryl methyl sites for hydroxylation is 1. The van der Waals surface area contributed by atoms with E-state index >= 15 is 0 Å². The second kappa shape index (κ2) is 5.93. The Hall–Kier alpha value is -2.14. The second-order valence-corrected chi connectivity index (χ2v) is 6.05. The van der Waals surface area contributed by atoms with Crippen LogP contribution in [-0.2, 0) is 0 Å². The molecule has 3 rings (SSSR count). The molecule has 1 saturated carbocycles. The Morgan fingerprint density at radius 1 is 1.55 bits per heavy atom. The van der Waals surface area contributed by atoms with Crippen LogP contribution in [0.5, 0.6) is 0 Å². The van der Waals surface area contributed by atoms with Crippen molar-refractivity contribution in [2.75, 3.05) is 17.2 Å². The van der Waals surface area contributed by atoms with Gasteiger partial charge in [0.15, 0.2) is 0 Å². The topological polar surface area (TPSA) is 91.5 Å². The van der Waals surface area contributed by atoms with Gasteiger partial charge >= 0.3 is 0 Å². The molecule has 0 amide bonds. The van der Waals surface area contributed by atoms with Crippen molar-refractivity contribution in [2.45, 2.75) is 26.3 Å². The summed E-state index contributed by atoms with van der Waals surface area (Å²) in [6.45, 7) is 4.72. The van der Waals surface area contributed by atoms with Gasteiger partial charge in [0.05, 0.1) is 33.9 Å². The van der Waals surface area contributed by atoms with Gasteiger partial charge < -0.3 is 10.6 Å². The monoisotopic (exact) mass is 361 g/mol. The third-order valence-corrected chi connectivity index (χ3v) is 4.09. The maximum Gasteiger partial charge on any atom is 0.229 e. The van der Waals surface area contributed by atoms with Gasteiger partial charge in [-0.1, -0.05) is 0 Å². The summed E-state index contributed by atoms with van der Waals surface area (Å²) >= 11 is 3.41. The first-order chi connectivity index (χ1) is 10.6. The molecule has 1 fully saturated rings. The van der Waals surface area contributed by atoms with E-state index in [2.05, 4.69) is 47.7 Å². The largest absolute Gasteiger partial charge is 0.369 e. The minimum absolute atomic E-state index is 0.0800. The summed E-state index contributed by atoms with van der Waals surface area (Å²) in [7, 11) is 0. The van der Waals surface area contributed by atoms with Gasteiger partial charge in [-0.25, -0.2) is 4.98 Å². The number of nitriles is 1. The fourth-order valence-electron chi connectivity index (χ4n) is 2.23. The smallest absolute Gasteiger partial charge is 0.229 e. The van der Waals surface area contributed by atoms with Crippen LogP contribution in [0.1, 0.15) is 25.1 Å². The Bertz CT molecular complexity index is 733. The summed E-state index contributed by atoms with van der Waals surface area (Å²) in [5.74, 6) is 1.34. The van der Waals surface area contributed by atoms with E-state index in [1.54, 1.807) is 6.20 Å². The predicted octanol–water partition coefficient (Wildman–Crippen LogP) is 3.00. The molecule has 2 unspecified atom stereocenters. The second-order valence-electron chi connectivity index (χ2n) is 5.19. The lowest BCUT2D eigenvalue weighted by atomic mass is 10.4. The van der Waals surface area contributed by atoms with Crippen LogP contribution in [0.4, 0.5) is 17.5 Å². The molecule has 0 aromatic carbocycles. The molecular weight excluding hydrogens is 346 g/mol. The summed E-state index contributed by atoms with van der Waals surface area (Å²) in [5, 5.41) is 19.7. The lowest BCUT2D eigenvalue weighted by Gasteiger charge is -2.08. The number of rotatable bonds is 5. The van der Waals surface area contributed by atoms with E-state index in [1.165, 1.54) is 0 Å². The van der Waals surface area contributed by atoms with Crippen molar-refractivity contribution in [3.8, 4) is 6.07 Å². The number of halogens is 1. The normalized spacial score (nSPS) is 19.5. The number of nitrogens with one attached hydrogen (secondary N) is 2. The fraction of sp³-hybridized carbons (Fsp3) is 0.429. The molecule has 114 valence electrons. The molecule has 0 spiro atoms. The van der Waals surface area contributed by atoms with Crippen LogP contribution in [0.2, 0.25) is 0 Å². The molecule has 0 saturated heterocycles. The van der Waals surface area contributed by atoms with Crippen molar-refractivity contribution in [2.24, 2.45) is 5.92 Å². The SMILES string of the molecule is CCNc1nc(Nc2cn(C3CC3C#N)nc2C)ncc1Br. The summed E-state index contributed by atoms with van der Waals surface area (Å²) in [6, 6.07) is 2.47. The van der Waals surface area contributed by atoms with Gasteiger partial charge in [-0.2, -0.15) is 15.3 Å². The summed E-state index contributed by atoms with van der Waals surface area (Å²) in [5.41, 5.74) is 1.72. The number of nitrogens with zero attached hydrogens (tertiary/aromatic N) is 5. The van der Waals surface area contributed by atoms with Crippen molar-refractivity contribution < 1.29 is 0 Å². The molecule has 2 aromatic heterocycles. The predicted molar refractivity (Wildman–Crippen MR) is 86.9 cm³/mol. The van der Waals surface area contributed by atoms with E-state index in [0.29, 0.717) is 5.95 Å². The van der Waals surface area contributed by atoms with E-state index < -0.39 is 0 Å². The first-order valence-electron chi connectivity index (χ1n) is 7.11. The van der Waals surface area contributed by atoms with Crippen LogP contribution in [-0.4, -0.2) is 26.3 Å². The van der Waals surface area contributed by atoms with Gasteiger partial charge in [-0.05, 0) is 36.2 Å². The van der Waals surface area contributed by atoms with E-state index in [0.717, 1.165) is 34.6 Å². The van der Waals surface area contributed by atoms with Crippen LogP contribution in [0.3, 0.4) is 0 Å². The molecule has 8 heteroatoms. The van der Waals surface area contributed by atoms with Crippen LogP contribution in [0.15, 0.2) is 16.9 Å². The highest BCUT2D eigenvalue weighted by Crippen LogP contribution is 2.42. The Labute approximate surface area is 136 Å². The van der Waals surface area contributed by atoms with Crippen molar-refractivity contribution in [1.82, 2.24) is 19.7 Å². The van der Waals surface area contributed by atoms with Crippen molar-refractivity contribution >= 4 is 33.4 Å². The third-order valence-electron chi connectivity index (χ3n) is 3.51. The van der Waals surface area contributed by atoms with Crippen molar-refractivity contribution in [1.29, 1.82) is 5.26 Å². The molecule has 1 aliphatic rings. The number of anilines is 3. The summed E-state index contributed by atoms with van der Waals surface area (Å²) in [6.07, 6.45) is 4.49. The summed E-state index contributed by atoms with van der Waals surface area (Å²) in [4.78, 5) is 8.69. The number of hydrogen-bond donors (Lipinski definition) is 2. The Balaban J connectivity index is 1.79. The molecule has 2 N–H and O–H groups in total. The van der Waals surface area contributed by atoms with Gasteiger partial charge in [0, 0.05) is 18.9 Å². The highest BCUT2D eigenvalue weighted by Gasteiger charge is 2.40. The molecular formula is C14H16BrN7. The average molecular weight is 362 g/mol. The minimum atomic E-state index is 0.0800. The Morgan fingerprint density at radius 2 is 2.36 bits per heavy atom. The minimum Gasteiger partial charge on any atom is -0.369 e. The third kappa shape index (κ3) is 2.90. The van der Waals surface area contributed by atoms with Gasteiger partial charge in [-0.15, -0.1) is 0 Å². The highest BCUT2D eigenvalue weighted by molar-refractivity contribution is 9.10.